The first-order chi connectivity index (χ1) is 10.6. The first-order valence-electron chi connectivity index (χ1n) is 7.35. The molecule has 2 N–H and O–H groups in total. The molecule has 0 saturated carbocycles. The van der Waals surface area contributed by atoms with Crippen LogP contribution in [0.15, 0.2) is 27.8 Å². The van der Waals surface area contributed by atoms with Crippen molar-refractivity contribution >= 4 is 27.6 Å². The Morgan fingerprint density at radius 1 is 1.55 bits per heavy atom. The summed E-state index contributed by atoms with van der Waals surface area (Å²) >= 11 is 1.73. The average molecular weight is 345 g/mol. The van der Waals surface area contributed by atoms with Gasteiger partial charge in [0, 0.05) is 24.8 Å². The van der Waals surface area contributed by atoms with Crippen molar-refractivity contribution in [1.82, 2.24) is 10.6 Å². The van der Waals surface area contributed by atoms with Crippen LogP contribution in [-0.4, -0.2) is 57.0 Å². The molecule has 1 saturated heterocycles. The van der Waals surface area contributed by atoms with Gasteiger partial charge in [-0.1, -0.05) is 0 Å². The van der Waals surface area contributed by atoms with Gasteiger partial charge in [-0.25, -0.2) is 8.42 Å². The molecule has 1 aliphatic heterocycles. The standard InChI is InChI=1S/C14H23N3O3S2/c1-21-9-7-16-14(15-6-4-13-3-2-8-20-13)17-12-5-10-22(18,19)11-12/h2-3,8,12H,4-7,9-11H2,1H3,(H2,15,16,17). The Bertz CT molecular complexity index is 570. The van der Waals surface area contributed by atoms with Crippen molar-refractivity contribution in [3.63, 3.8) is 0 Å². The van der Waals surface area contributed by atoms with Crippen molar-refractivity contribution < 1.29 is 12.8 Å². The molecule has 8 heteroatoms. The largest absolute Gasteiger partial charge is 0.469 e. The normalized spacial score (nSPS) is 21.0. The Morgan fingerprint density at radius 2 is 2.41 bits per heavy atom. The maximum absolute atomic E-state index is 11.5. The molecule has 1 aromatic rings. The van der Waals surface area contributed by atoms with Crippen LogP contribution < -0.4 is 10.6 Å². The van der Waals surface area contributed by atoms with Crippen LogP contribution in [0.1, 0.15) is 12.2 Å². The molecule has 1 aromatic heterocycles. The summed E-state index contributed by atoms with van der Waals surface area (Å²) in [5, 5.41) is 6.48. The number of furan rings is 1. The third kappa shape index (κ3) is 5.92. The lowest BCUT2D eigenvalue weighted by atomic mass is 10.3. The molecule has 6 nitrogen and oxygen atoms in total. The van der Waals surface area contributed by atoms with Gasteiger partial charge in [0.05, 0.1) is 24.3 Å². The number of hydrogen-bond donors (Lipinski definition) is 2. The lowest BCUT2D eigenvalue weighted by molar-refractivity contribution is 0.506. The van der Waals surface area contributed by atoms with E-state index in [0.29, 0.717) is 25.5 Å². The fourth-order valence-electron chi connectivity index (χ4n) is 2.26. The highest BCUT2D eigenvalue weighted by molar-refractivity contribution is 7.98. The molecular weight excluding hydrogens is 322 g/mol. The van der Waals surface area contributed by atoms with E-state index >= 15 is 0 Å². The van der Waals surface area contributed by atoms with Crippen molar-refractivity contribution in [2.24, 2.45) is 4.99 Å². The van der Waals surface area contributed by atoms with Crippen LogP contribution in [0.25, 0.3) is 0 Å². The second-order valence-corrected chi connectivity index (χ2v) is 8.44. The number of guanidine groups is 1. The van der Waals surface area contributed by atoms with E-state index in [2.05, 4.69) is 15.6 Å². The van der Waals surface area contributed by atoms with Crippen molar-refractivity contribution in [1.29, 1.82) is 0 Å². The number of nitrogens with zero attached hydrogens (tertiary/aromatic N) is 1. The Balaban J connectivity index is 1.84. The summed E-state index contributed by atoms with van der Waals surface area (Å²) in [6.07, 6.45) is 5.10. The fourth-order valence-corrected chi connectivity index (χ4v) is 4.21. The summed E-state index contributed by atoms with van der Waals surface area (Å²) < 4.78 is 28.4. The molecule has 124 valence electrons. The number of nitrogens with one attached hydrogen (secondary N) is 2. The van der Waals surface area contributed by atoms with Gasteiger partial charge in [0.1, 0.15) is 5.76 Å². The van der Waals surface area contributed by atoms with Crippen LogP contribution >= 0.6 is 11.8 Å². The van der Waals surface area contributed by atoms with Gasteiger partial charge in [0.25, 0.3) is 0 Å². The highest BCUT2D eigenvalue weighted by Gasteiger charge is 2.28. The first-order valence-corrected chi connectivity index (χ1v) is 10.6. The summed E-state index contributed by atoms with van der Waals surface area (Å²) in [6, 6.07) is 3.75. The number of thioether (sulfide) groups is 1. The molecule has 1 atom stereocenters. The second kappa shape index (κ2) is 8.47. The minimum atomic E-state index is -2.89. The van der Waals surface area contributed by atoms with E-state index in [1.54, 1.807) is 18.0 Å². The van der Waals surface area contributed by atoms with Crippen molar-refractivity contribution in [3.8, 4) is 0 Å². The predicted molar refractivity (Wildman–Crippen MR) is 91.3 cm³/mol. The molecule has 0 aliphatic carbocycles. The van der Waals surface area contributed by atoms with Gasteiger partial charge < -0.3 is 15.1 Å². The van der Waals surface area contributed by atoms with Gasteiger partial charge in [-0.2, -0.15) is 11.8 Å². The predicted octanol–water partition coefficient (Wildman–Crippen LogP) is 0.907. The SMILES string of the molecule is CSCCN=C(NCCc1ccco1)NC1CCS(=O)(=O)C1. The molecule has 1 unspecified atom stereocenters. The van der Waals surface area contributed by atoms with Crippen LogP contribution in [0.4, 0.5) is 0 Å². The molecule has 0 amide bonds. The molecular formula is C14H23N3O3S2. The quantitative estimate of drug-likeness (QED) is 0.434. The van der Waals surface area contributed by atoms with Gasteiger partial charge in [-0.15, -0.1) is 0 Å². The van der Waals surface area contributed by atoms with Crippen LogP contribution in [0.5, 0.6) is 0 Å². The van der Waals surface area contributed by atoms with E-state index < -0.39 is 9.84 Å². The molecule has 0 aromatic carbocycles. The summed E-state index contributed by atoms with van der Waals surface area (Å²) in [4.78, 5) is 4.49. The van der Waals surface area contributed by atoms with Gasteiger partial charge in [0.2, 0.25) is 0 Å². The molecule has 1 aliphatic rings. The van der Waals surface area contributed by atoms with Crippen LogP contribution in [0, 0.1) is 0 Å². The van der Waals surface area contributed by atoms with Crippen molar-refractivity contribution in [3.05, 3.63) is 24.2 Å². The zero-order valence-electron chi connectivity index (χ0n) is 12.7. The Morgan fingerprint density at radius 3 is 3.05 bits per heavy atom. The molecule has 1 fully saturated rings. The highest BCUT2D eigenvalue weighted by atomic mass is 32.2. The zero-order valence-corrected chi connectivity index (χ0v) is 14.4. The van der Waals surface area contributed by atoms with Crippen molar-refractivity contribution in [2.45, 2.75) is 18.9 Å². The molecule has 2 rings (SSSR count). The molecule has 22 heavy (non-hydrogen) atoms. The van der Waals surface area contributed by atoms with E-state index in [4.69, 9.17) is 4.42 Å². The first kappa shape index (κ1) is 17.2. The number of aliphatic imine (C=N–C) groups is 1. The monoisotopic (exact) mass is 345 g/mol. The van der Waals surface area contributed by atoms with Gasteiger partial charge in [-0.3, -0.25) is 4.99 Å². The van der Waals surface area contributed by atoms with E-state index in [-0.39, 0.29) is 17.5 Å². The van der Waals surface area contributed by atoms with Gasteiger partial charge >= 0.3 is 0 Å². The maximum Gasteiger partial charge on any atom is 0.191 e. The fraction of sp³-hybridized carbons (Fsp3) is 0.643. The maximum atomic E-state index is 11.5. The smallest absolute Gasteiger partial charge is 0.191 e. The number of hydrogen-bond acceptors (Lipinski definition) is 5. The minimum absolute atomic E-state index is 0.0471. The van der Waals surface area contributed by atoms with Gasteiger partial charge in [0.15, 0.2) is 15.8 Å². The summed E-state index contributed by atoms with van der Waals surface area (Å²) in [5.74, 6) is 2.99. The Hall–Kier alpha value is -1.15. The van der Waals surface area contributed by atoms with Gasteiger partial charge in [-0.05, 0) is 24.8 Å². The van der Waals surface area contributed by atoms with E-state index in [1.807, 2.05) is 18.4 Å². The minimum Gasteiger partial charge on any atom is -0.469 e. The highest BCUT2D eigenvalue weighted by Crippen LogP contribution is 2.11. The number of rotatable bonds is 7. The van der Waals surface area contributed by atoms with Crippen molar-refractivity contribution in [2.75, 3.05) is 36.6 Å². The lowest BCUT2D eigenvalue weighted by Gasteiger charge is -2.16. The number of sulfone groups is 1. The van der Waals surface area contributed by atoms with E-state index in [1.165, 1.54) is 0 Å². The van der Waals surface area contributed by atoms with Crippen LogP contribution in [0.3, 0.4) is 0 Å². The molecule has 0 radical (unpaired) electrons. The third-order valence-electron chi connectivity index (χ3n) is 3.38. The van der Waals surface area contributed by atoms with Crippen LogP contribution in [-0.2, 0) is 16.3 Å². The Kier molecular flexibility index (Phi) is 6.63. The zero-order chi connectivity index (χ0) is 15.8. The van der Waals surface area contributed by atoms with E-state index in [9.17, 15) is 8.42 Å². The molecule has 0 spiro atoms. The third-order valence-corrected chi connectivity index (χ3v) is 5.74. The molecule has 2 heterocycles. The lowest BCUT2D eigenvalue weighted by Crippen LogP contribution is -2.44. The summed E-state index contributed by atoms with van der Waals surface area (Å²) in [7, 11) is -2.89. The summed E-state index contributed by atoms with van der Waals surface area (Å²) in [5.41, 5.74) is 0. The average Bonchev–Trinajstić information content (AvgIpc) is 3.08. The van der Waals surface area contributed by atoms with E-state index in [0.717, 1.165) is 17.9 Å². The topological polar surface area (TPSA) is 83.7 Å². The second-order valence-electron chi connectivity index (χ2n) is 5.22. The van der Waals surface area contributed by atoms with Crippen LogP contribution in [0.2, 0.25) is 0 Å². The summed E-state index contributed by atoms with van der Waals surface area (Å²) in [6.45, 7) is 1.40. The Labute approximate surface area is 136 Å². The molecule has 0 bridgehead atoms.